The van der Waals surface area contributed by atoms with E-state index in [0.29, 0.717) is 10.0 Å². The van der Waals surface area contributed by atoms with Crippen LogP contribution in [0.4, 0.5) is 5.13 Å². The number of aryl methyl sites for hydroxylation is 2. The quantitative estimate of drug-likeness (QED) is 0.745. The molecule has 2 amide bonds. The van der Waals surface area contributed by atoms with Crippen LogP contribution in [0.2, 0.25) is 0 Å². The van der Waals surface area contributed by atoms with Gasteiger partial charge in [0.1, 0.15) is 6.04 Å². The van der Waals surface area contributed by atoms with Crippen molar-refractivity contribution in [1.29, 1.82) is 0 Å². The maximum Gasteiger partial charge on any atom is 0.261 e. The highest BCUT2D eigenvalue weighted by Gasteiger charge is 2.18. The summed E-state index contributed by atoms with van der Waals surface area (Å²) in [7, 11) is 0. The molecule has 2 aromatic heterocycles. The molecule has 0 saturated carbocycles. The van der Waals surface area contributed by atoms with Crippen LogP contribution >= 0.6 is 22.7 Å². The Morgan fingerprint density at radius 1 is 1.25 bits per heavy atom. The Labute approximate surface area is 147 Å². The number of anilines is 1. The topological polar surface area (TPSA) is 71.1 Å². The molecule has 2 N–H and O–H groups in total. The lowest BCUT2D eigenvalue weighted by molar-refractivity contribution is -0.117. The van der Waals surface area contributed by atoms with E-state index in [0.717, 1.165) is 21.3 Å². The molecule has 124 valence electrons. The van der Waals surface area contributed by atoms with E-state index < -0.39 is 6.04 Å². The van der Waals surface area contributed by atoms with Crippen molar-refractivity contribution in [3.05, 3.63) is 45.6 Å². The maximum atomic E-state index is 12.3. The van der Waals surface area contributed by atoms with Crippen molar-refractivity contribution in [3.8, 4) is 0 Å². The van der Waals surface area contributed by atoms with E-state index in [1.54, 1.807) is 19.1 Å². The summed E-state index contributed by atoms with van der Waals surface area (Å²) < 4.78 is 1.04. The van der Waals surface area contributed by atoms with Gasteiger partial charge >= 0.3 is 0 Å². The monoisotopic (exact) mass is 359 g/mol. The second-order valence-electron chi connectivity index (χ2n) is 5.61. The highest BCUT2D eigenvalue weighted by atomic mass is 32.1. The molecule has 3 aromatic rings. The minimum absolute atomic E-state index is 0.247. The molecule has 0 saturated heterocycles. The van der Waals surface area contributed by atoms with Crippen LogP contribution in [0.25, 0.3) is 10.2 Å². The third kappa shape index (κ3) is 3.47. The van der Waals surface area contributed by atoms with E-state index in [1.165, 1.54) is 22.7 Å². The van der Waals surface area contributed by atoms with Crippen molar-refractivity contribution in [2.75, 3.05) is 5.32 Å². The highest BCUT2D eigenvalue weighted by Crippen LogP contribution is 2.29. The maximum absolute atomic E-state index is 12.3. The molecule has 0 aliphatic carbocycles. The normalized spacial score (nSPS) is 12.1. The van der Waals surface area contributed by atoms with Crippen LogP contribution in [0, 0.1) is 13.8 Å². The summed E-state index contributed by atoms with van der Waals surface area (Å²) in [6.45, 7) is 5.70. The fraction of sp³-hybridized carbons (Fsp3) is 0.235. The third-order valence-electron chi connectivity index (χ3n) is 3.55. The first kappa shape index (κ1) is 16.6. The predicted molar refractivity (Wildman–Crippen MR) is 99.0 cm³/mol. The lowest BCUT2D eigenvalue weighted by atomic mass is 10.1. The Balaban J connectivity index is 1.70. The standard InChI is InChI=1S/C17H17N3O2S2/c1-9-7-10(2)14-13(8-9)24-17(19-14)20-15(21)11(3)18-16(22)12-5-4-6-23-12/h4-8,11H,1-3H3,(H,18,22)(H,19,20,21). The molecule has 0 aliphatic rings. The Morgan fingerprint density at radius 2 is 2.04 bits per heavy atom. The number of nitrogens with one attached hydrogen (secondary N) is 2. The predicted octanol–water partition coefficient (Wildman–Crippen LogP) is 3.73. The highest BCUT2D eigenvalue weighted by molar-refractivity contribution is 7.22. The first-order valence-corrected chi connectivity index (χ1v) is 9.16. The van der Waals surface area contributed by atoms with E-state index in [1.807, 2.05) is 19.2 Å². The molecule has 0 bridgehead atoms. The van der Waals surface area contributed by atoms with E-state index in [4.69, 9.17) is 0 Å². The first-order chi connectivity index (χ1) is 11.4. The number of thiophene rings is 1. The third-order valence-corrected chi connectivity index (χ3v) is 5.33. The van der Waals surface area contributed by atoms with Crippen molar-refractivity contribution < 1.29 is 9.59 Å². The van der Waals surface area contributed by atoms with Crippen LogP contribution in [0.15, 0.2) is 29.6 Å². The van der Waals surface area contributed by atoms with Gasteiger partial charge in [0.2, 0.25) is 5.91 Å². The molecule has 5 nitrogen and oxygen atoms in total. The molecule has 0 aliphatic heterocycles. The lowest BCUT2D eigenvalue weighted by Gasteiger charge is -2.12. The van der Waals surface area contributed by atoms with Gasteiger partial charge in [-0.15, -0.1) is 11.3 Å². The van der Waals surface area contributed by atoms with E-state index >= 15 is 0 Å². The average Bonchev–Trinajstić information content (AvgIpc) is 3.16. The smallest absolute Gasteiger partial charge is 0.261 e. The summed E-state index contributed by atoms with van der Waals surface area (Å²) in [5, 5.41) is 7.85. The molecular weight excluding hydrogens is 342 g/mol. The number of hydrogen-bond donors (Lipinski definition) is 2. The fourth-order valence-corrected chi connectivity index (χ4v) is 4.05. The molecule has 0 fully saturated rings. The second kappa shape index (κ2) is 6.70. The van der Waals surface area contributed by atoms with E-state index in [-0.39, 0.29) is 11.8 Å². The molecule has 24 heavy (non-hydrogen) atoms. The van der Waals surface area contributed by atoms with Crippen molar-refractivity contribution in [2.24, 2.45) is 0 Å². The number of benzene rings is 1. The lowest BCUT2D eigenvalue weighted by Crippen LogP contribution is -2.41. The van der Waals surface area contributed by atoms with Crippen molar-refractivity contribution in [1.82, 2.24) is 10.3 Å². The number of thiazole rings is 1. The van der Waals surface area contributed by atoms with Gasteiger partial charge in [0.25, 0.3) is 5.91 Å². The zero-order chi connectivity index (χ0) is 17.3. The molecule has 0 radical (unpaired) electrons. The van der Waals surface area contributed by atoms with Gasteiger partial charge in [-0.3, -0.25) is 9.59 Å². The number of nitrogens with zero attached hydrogens (tertiary/aromatic N) is 1. The molecule has 3 rings (SSSR count). The van der Waals surface area contributed by atoms with Gasteiger partial charge in [0.15, 0.2) is 5.13 Å². The summed E-state index contributed by atoms with van der Waals surface area (Å²) in [6.07, 6.45) is 0. The zero-order valence-corrected chi connectivity index (χ0v) is 15.2. The van der Waals surface area contributed by atoms with Gasteiger partial charge in [-0.1, -0.05) is 23.5 Å². The molecular formula is C17H17N3O2S2. The van der Waals surface area contributed by atoms with Gasteiger partial charge in [-0.05, 0) is 49.4 Å². The number of fused-ring (bicyclic) bond motifs is 1. The fourth-order valence-electron chi connectivity index (χ4n) is 2.38. The van der Waals surface area contributed by atoms with Crippen LogP contribution in [-0.4, -0.2) is 22.8 Å². The minimum Gasteiger partial charge on any atom is -0.340 e. The van der Waals surface area contributed by atoms with Crippen molar-refractivity contribution in [3.63, 3.8) is 0 Å². The van der Waals surface area contributed by atoms with Crippen molar-refractivity contribution >= 4 is 49.8 Å². The second-order valence-corrected chi connectivity index (χ2v) is 7.59. The van der Waals surface area contributed by atoms with Gasteiger partial charge in [0, 0.05) is 0 Å². The largest absolute Gasteiger partial charge is 0.340 e. The van der Waals surface area contributed by atoms with Crippen LogP contribution in [0.5, 0.6) is 0 Å². The number of amides is 2. The van der Waals surface area contributed by atoms with Crippen LogP contribution < -0.4 is 10.6 Å². The molecule has 1 aromatic carbocycles. The summed E-state index contributed by atoms with van der Waals surface area (Å²) in [5.41, 5.74) is 3.15. The molecule has 1 unspecified atom stereocenters. The van der Waals surface area contributed by atoms with Gasteiger partial charge in [-0.2, -0.15) is 0 Å². The van der Waals surface area contributed by atoms with Crippen LogP contribution in [0.3, 0.4) is 0 Å². The summed E-state index contributed by atoms with van der Waals surface area (Å²) in [4.78, 5) is 29.4. The molecule has 0 spiro atoms. The SMILES string of the molecule is Cc1cc(C)c2nc(NC(=O)C(C)NC(=O)c3cccs3)sc2c1. The van der Waals surface area contributed by atoms with Gasteiger partial charge < -0.3 is 10.6 Å². The van der Waals surface area contributed by atoms with E-state index in [2.05, 4.69) is 27.8 Å². The summed E-state index contributed by atoms with van der Waals surface area (Å²) in [6, 6.07) is 7.00. The molecule has 1 atom stereocenters. The molecule has 7 heteroatoms. The Kier molecular flexibility index (Phi) is 4.64. The van der Waals surface area contributed by atoms with Gasteiger partial charge in [0.05, 0.1) is 15.1 Å². The Bertz CT molecular complexity index is 900. The van der Waals surface area contributed by atoms with Crippen molar-refractivity contribution in [2.45, 2.75) is 26.8 Å². The number of rotatable bonds is 4. The number of carbonyl (C=O) groups is 2. The average molecular weight is 359 g/mol. The minimum atomic E-state index is -0.644. The van der Waals surface area contributed by atoms with Crippen LogP contribution in [0.1, 0.15) is 27.7 Å². The number of hydrogen-bond acceptors (Lipinski definition) is 5. The van der Waals surface area contributed by atoms with E-state index in [9.17, 15) is 9.59 Å². The number of aromatic nitrogens is 1. The zero-order valence-electron chi connectivity index (χ0n) is 13.5. The molecule has 2 heterocycles. The summed E-state index contributed by atoms with van der Waals surface area (Å²) >= 11 is 2.77. The Morgan fingerprint density at radius 3 is 2.75 bits per heavy atom. The van der Waals surface area contributed by atoms with Crippen LogP contribution in [-0.2, 0) is 4.79 Å². The first-order valence-electron chi connectivity index (χ1n) is 7.47. The number of carbonyl (C=O) groups excluding carboxylic acids is 2. The van der Waals surface area contributed by atoms with Gasteiger partial charge in [-0.25, -0.2) is 4.98 Å². The summed E-state index contributed by atoms with van der Waals surface area (Å²) in [5.74, 6) is -0.531. The Hall–Kier alpha value is -2.25.